The van der Waals surface area contributed by atoms with Gasteiger partial charge in [-0.15, -0.1) is 0 Å². The molecular weight excluding hydrogens is 208 g/mol. The quantitative estimate of drug-likeness (QED) is 0.548. The fourth-order valence-corrected chi connectivity index (χ4v) is 4.14. The Morgan fingerprint density at radius 1 is 1.18 bits per heavy atom. The highest BCUT2D eigenvalue weighted by Gasteiger charge is 2.42. The van der Waals surface area contributed by atoms with Crippen LogP contribution in [0.25, 0.3) is 0 Å². The zero-order valence-electron chi connectivity index (χ0n) is 11.7. The molecule has 3 N–H and O–H groups in total. The Hall–Kier alpha value is -0.0800. The maximum Gasteiger partial charge on any atom is 0.0269 e. The maximum absolute atomic E-state index is 5.89. The first-order chi connectivity index (χ1) is 8.16. The summed E-state index contributed by atoms with van der Waals surface area (Å²) in [6.07, 6.45) is 12.6. The van der Waals surface area contributed by atoms with Crippen molar-refractivity contribution in [2.75, 3.05) is 0 Å². The first-order valence-electron chi connectivity index (χ1n) is 7.62. The number of nitrogens with one attached hydrogen (secondary N) is 1. The summed E-state index contributed by atoms with van der Waals surface area (Å²) in [5.74, 6) is 7.65. The fourth-order valence-electron chi connectivity index (χ4n) is 4.14. The van der Waals surface area contributed by atoms with Crippen molar-refractivity contribution in [2.45, 2.75) is 77.7 Å². The zero-order chi connectivity index (χ0) is 12.3. The largest absolute Gasteiger partial charge is 0.271 e. The second-order valence-corrected chi connectivity index (χ2v) is 6.92. The van der Waals surface area contributed by atoms with E-state index < -0.39 is 0 Å². The van der Waals surface area contributed by atoms with Gasteiger partial charge in [0.15, 0.2) is 0 Å². The summed E-state index contributed by atoms with van der Waals surface area (Å²) >= 11 is 0. The highest BCUT2D eigenvalue weighted by atomic mass is 15.2. The maximum atomic E-state index is 5.89. The molecule has 0 heterocycles. The van der Waals surface area contributed by atoms with Crippen LogP contribution >= 0.6 is 0 Å². The SMILES string of the molecule is CC(C)CC1(C(CC2CCC2)NN)CCCC1. The molecule has 2 saturated carbocycles. The zero-order valence-corrected chi connectivity index (χ0v) is 11.7. The smallest absolute Gasteiger partial charge is 0.0269 e. The molecule has 0 radical (unpaired) electrons. The van der Waals surface area contributed by atoms with Crippen LogP contribution in [0.4, 0.5) is 0 Å². The van der Waals surface area contributed by atoms with Gasteiger partial charge in [0.25, 0.3) is 0 Å². The van der Waals surface area contributed by atoms with Gasteiger partial charge in [0, 0.05) is 6.04 Å². The second kappa shape index (κ2) is 5.71. The van der Waals surface area contributed by atoms with Gasteiger partial charge in [-0.25, -0.2) is 0 Å². The third-order valence-electron chi connectivity index (χ3n) is 5.15. The Morgan fingerprint density at radius 2 is 1.82 bits per heavy atom. The molecule has 1 atom stereocenters. The first-order valence-corrected chi connectivity index (χ1v) is 7.62. The highest BCUT2D eigenvalue weighted by molar-refractivity contribution is 4.96. The van der Waals surface area contributed by atoms with Crippen LogP contribution < -0.4 is 11.3 Å². The predicted octanol–water partition coefficient (Wildman–Crippen LogP) is 3.62. The minimum atomic E-state index is 0.512. The lowest BCUT2D eigenvalue weighted by atomic mass is 9.68. The van der Waals surface area contributed by atoms with E-state index in [1.165, 1.54) is 57.8 Å². The molecule has 0 aromatic rings. The lowest BCUT2D eigenvalue weighted by Crippen LogP contribution is -2.49. The summed E-state index contributed by atoms with van der Waals surface area (Å²) in [6, 6.07) is 0.567. The molecule has 1 unspecified atom stereocenters. The minimum absolute atomic E-state index is 0.512. The number of hydrogen-bond donors (Lipinski definition) is 2. The van der Waals surface area contributed by atoms with Crippen LogP contribution in [-0.2, 0) is 0 Å². The van der Waals surface area contributed by atoms with Gasteiger partial charge in [0.2, 0.25) is 0 Å². The third-order valence-corrected chi connectivity index (χ3v) is 5.15. The molecule has 100 valence electrons. The summed E-state index contributed by atoms with van der Waals surface area (Å²) in [7, 11) is 0. The van der Waals surface area contributed by atoms with E-state index in [0.717, 1.165) is 11.8 Å². The standard InChI is InChI=1S/C15H30N2/c1-12(2)11-15(8-3-4-9-15)14(17-16)10-13-6-5-7-13/h12-14,17H,3-11,16H2,1-2H3. The number of hydrogen-bond acceptors (Lipinski definition) is 2. The molecule has 17 heavy (non-hydrogen) atoms. The summed E-state index contributed by atoms with van der Waals surface area (Å²) in [5, 5.41) is 0. The van der Waals surface area contributed by atoms with Crippen LogP contribution in [0.5, 0.6) is 0 Å². The monoisotopic (exact) mass is 238 g/mol. The van der Waals surface area contributed by atoms with E-state index >= 15 is 0 Å². The van der Waals surface area contributed by atoms with E-state index in [0.29, 0.717) is 11.5 Å². The number of nitrogens with two attached hydrogens (primary N) is 1. The Kier molecular flexibility index (Phi) is 4.48. The van der Waals surface area contributed by atoms with Crippen LogP contribution in [0.3, 0.4) is 0 Å². The van der Waals surface area contributed by atoms with Crippen LogP contribution in [-0.4, -0.2) is 6.04 Å². The van der Waals surface area contributed by atoms with Gasteiger partial charge in [-0.3, -0.25) is 11.3 Å². The molecule has 2 aliphatic rings. The molecule has 0 bridgehead atoms. The molecule has 2 heteroatoms. The molecule has 0 saturated heterocycles. The van der Waals surface area contributed by atoms with Crippen molar-refractivity contribution in [1.29, 1.82) is 0 Å². The molecule has 0 aliphatic heterocycles. The van der Waals surface area contributed by atoms with Gasteiger partial charge in [0.1, 0.15) is 0 Å². The molecule has 2 aliphatic carbocycles. The van der Waals surface area contributed by atoms with E-state index in [4.69, 9.17) is 5.84 Å². The van der Waals surface area contributed by atoms with Crippen molar-refractivity contribution in [3.05, 3.63) is 0 Å². The lowest BCUT2D eigenvalue weighted by Gasteiger charge is -2.42. The average Bonchev–Trinajstić information content (AvgIpc) is 2.64. The van der Waals surface area contributed by atoms with Gasteiger partial charge in [-0.2, -0.15) is 0 Å². The van der Waals surface area contributed by atoms with Crippen molar-refractivity contribution in [3.63, 3.8) is 0 Å². The summed E-state index contributed by atoms with van der Waals surface area (Å²) < 4.78 is 0. The minimum Gasteiger partial charge on any atom is -0.271 e. The van der Waals surface area contributed by atoms with E-state index in [1.807, 2.05) is 0 Å². The normalized spacial score (nSPS) is 26.1. The Bertz CT molecular complexity index is 227. The van der Waals surface area contributed by atoms with Crippen LogP contribution in [0.1, 0.15) is 71.6 Å². The van der Waals surface area contributed by atoms with E-state index in [-0.39, 0.29) is 0 Å². The molecular formula is C15H30N2. The number of hydrazine groups is 1. The van der Waals surface area contributed by atoms with Crippen molar-refractivity contribution in [3.8, 4) is 0 Å². The van der Waals surface area contributed by atoms with Crippen molar-refractivity contribution >= 4 is 0 Å². The molecule has 2 rings (SSSR count). The van der Waals surface area contributed by atoms with Crippen molar-refractivity contribution < 1.29 is 0 Å². The molecule has 0 amide bonds. The topological polar surface area (TPSA) is 38.0 Å². The molecule has 0 aromatic heterocycles. The van der Waals surface area contributed by atoms with E-state index in [2.05, 4.69) is 19.3 Å². The first kappa shape index (κ1) is 13.4. The summed E-state index contributed by atoms with van der Waals surface area (Å²) in [5.41, 5.74) is 3.70. The van der Waals surface area contributed by atoms with Gasteiger partial charge in [-0.05, 0) is 42.9 Å². The van der Waals surface area contributed by atoms with Crippen LogP contribution in [0, 0.1) is 17.3 Å². The van der Waals surface area contributed by atoms with E-state index in [9.17, 15) is 0 Å². The Labute approximate surface area is 107 Å². The van der Waals surface area contributed by atoms with Crippen LogP contribution in [0.15, 0.2) is 0 Å². The van der Waals surface area contributed by atoms with Gasteiger partial charge in [0.05, 0.1) is 0 Å². The van der Waals surface area contributed by atoms with Crippen molar-refractivity contribution in [2.24, 2.45) is 23.1 Å². The molecule has 0 spiro atoms. The summed E-state index contributed by atoms with van der Waals surface area (Å²) in [4.78, 5) is 0. The van der Waals surface area contributed by atoms with Crippen molar-refractivity contribution in [1.82, 2.24) is 5.43 Å². The lowest BCUT2D eigenvalue weighted by molar-refractivity contribution is 0.116. The van der Waals surface area contributed by atoms with Crippen LogP contribution in [0.2, 0.25) is 0 Å². The third kappa shape index (κ3) is 3.03. The van der Waals surface area contributed by atoms with Gasteiger partial charge >= 0.3 is 0 Å². The Balaban J connectivity index is 2.00. The van der Waals surface area contributed by atoms with E-state index in [1.54, 1.807) is 0 Å². The summed E-state index contributed by atoms with van der Waals surface area (Å²) in [6.45, 7) is 4.72. The molecule has 2 fully saturated rings. The average molecular weight is 238 g/mol. The molecule has 2 nitrogen and oxygen atoms in total. The highest BCUT2D eigenvalue weighted by Crippen LogP contribution is 2.48. The predicted molar refractivity (Wildman–Crippen MR) is 73.4 cm³/mol. The van der Waals surface area contributed by atoms with Gasteiger partial charge in [-0.1, -0.05) is 46.0 Å². The second-order valence-electron chi connectivity index (χ2n) is 6.92. The Morgan fingerprint density at radius 3 is 2.24 bits per heavy atom. The fraction of sp³-hybridized carbons (Fsp3) is 1.00. The molecule has 0 aromatic carbocycles. The number of rotatable bonds is 6. The van der Waals surface area contributed by atoms with Gasteiger partial charge < -0.3 is 0 Å².